The Morgan fingerprint density at radius 2 is 1.67 bits per heavy atom. The first-order chi connectivity index (χ1) is 13.0. The molecule has 4 heteroatoms. The molecular weight excluding hydrogens is 334 g/mol. The molecule has 0 saturated carbocycles. The van der Waals surface area contributed by atoms with Crippen LogP contribution in [0, 0.1) is 5.92 Å². The van der Waals surface area contributed by atoms with Crippen molar-refractivity contribution in [1.29, 1.82) is 0 Å². The van der Waals surface area contributed by atoms with Gasteiger partial charge in [-0.2, -0.15) is 0 Å². The van der Waals surface area contributed by atoms with Crippen molar-refractivity contribution in [1.82, 2.24) is 15.0 Å². The Balaban J connectivity index is 2.07. The molecule has 27 heavy (non-hydrogen) atoms. The maximum atomic E-state index is 13.2. The average Bonchev–Trinajstić information content (AvgIpc) is 3.09. The van der Waals surface area contributed by atoms with Gasteiger partial charge in [-0.1, -0.05) is 67.6 Å². The SMILES string of the molecule is CC(C)C(=O)C1Cc2ccccc2-c2nnn(C(C)C)c2-c2ccccc21. The summed E-state index contributed by atoms with van der Waals surface area (Å²) in [4.78, 5) is 13.2. The molecule has 1 heterocycles. The lowest BCUT2D eigenvalue weighted by molar-refractivity contribution is -0.123. The minimum atomic E-state index is -0.161. The molecule has 0 spiro atoms. The van der Waals surface area contributed by atoms with Crippen molar-refractivity contribution in [2.24, 2.45) is 5.92 Å². The van der Waals surface area contributed by atoms with Crippen molar-refractivity contribution in [2.45, 2.75) is 46.1 Å². The van der Waals surface area contributed by atoms with Crippen LogP contribution in [-0.4, -0.2) is 20.8 Å². The summed E-state index contributed by atoms with van der Waals surface area (Å²) in [6.07, 6.45) is 0.693. The van der Waals surface area contributed by atoms with Gasteiger partial charge in [0.2, 0.25) is 0 Å². The van der Waals surface area contributed by atoms with Crippen molar-refractivity contribution >= 4 is 5.78 Å². The summed E-state index contributed by atoms with van der Waals surface area (Å²) in [7, 11) is 0. The Bertz CT molecular complexity index is 1000. The van der Waals surface area contributed by atoms with Crippen molar-refractivity contribution in [3.05, 3.63) is 59.7 Å². The van der Waals surface area contributed by atoms with Gasteiger partial charge in [-0.15, -0.1) is 5.10 Å². The maximum Gasteiger partial charge on any atom is 0.143 e. The van der Waals surface area contributed by atoms with E-state index in [2.05, 4.69) is 48.4 Å². The van der Waals surface area contributed by atoms with E-state index in [1.165, 1.54) is 0 Å². The van der Waals surface area contributed by atoms with Gasteiger partial charge in [0.05, 0.1) is 5.69 Å². The summed E-state index contributed by atoms with van der Waals surface area (Å²) < 4.78 is 1.98. The van der Waals surface area contributed by atoms with Crippen LogP contribution in [0.4, 0.5) is 0 Å². The molecule has 0 saturated heterocycles. The average molecular weight is 359 g/mol. The van der Waals surface area contributed by atoms with Crippen LogP contribution in [0.3, 0.4) is 0 Å². The van der Waals surface area contributed by atoms with E-state index in [9.17, 15) is 4.79 Å². The highest BCUT2D eigenvalue weighted by Gasteiger charge is 2.32. The molecule has 3 aromatic rings. The Hall–Kier alpha value is -2.75. The molecule has 0 amide bonds. The summed E-state index contributed by atoms with van der Waals surface area (Å²) >= 11 is 0. The normalized spacial score (nSPS) is 15.7. The molecular formula is C23H25N3O. The highest BCUT2D eigenvalue weighted by atomic mass is 16.1. The number of carbonyl (C=O) groups excluding carboxylic acids is 1. The first-order valence-electron chi connectivity index (χ1n) is 9.65. The third kappa shape index (κ3) is 2.89. The molecule has 1 aliphatic carbocycles. The van der Waals surface area contributed by atoms with Gasteiger partial charge < -0.3 is 0 Å². The van der Waals surface area contributed by atoms with Gasteiger partial charge in [0.1, 0.15) is 11.5 Å². The minimum absolute atomic E-state index is 0.0118. The Kier molecular flexibility index (Phi) is 4.42. The minimum Gasteiger partial charge on any atom is -0.299 e. The van der Waals surface area contributed by atoms with Crippen LogP contribution in [0.2, 0.25) is 0 Å². The molecule has 0 bridgehead atoms. The van der Waals surface area contributed by atoms with E-state index in [0.717, 1.165) is 33.6 Å². The predicted octanol–water partition coefficient (Wildman–Crippen LogP) is 5.06. The molecule has 2 aromatic carbocycles. The fourth-order valence-corrected chi connectivity index (χ4v) is 4.02. The smallest absolute Gasteiger partial charge is 0.143 e. The first kappa shape index (κ1) is 17.7. The monoisotopic (exact) mass is 359 g/mol. The van der Waals surface area contributed by atoms with Gasteiger partial charge in [0.25, 0.3) is 0 Å². The zero-order valence-electron chi connectivity index (χ0n) is 16.3. The quantitative estimate of drug-likeness (QED) is 0.657. The number of fused-ring (bicyclic) bond motifs is 5. The molecule has 0 fully saturated rings. The number of Topliss-reactive ketones (excluding diaryl/α,β-unsaturated/α-hetero) is 1. The fourth-order valence-electron chi connectivity index (χ4n) is 4.02. The number of carbonyl (C=O) groups is 1. The second kappa shape index (κ2) is 6.76. The Morgan fingerprint density at radius 1 is 1.00 bits per heavy atom. The molecule has 1 atom stereocenters. The molecule has 0 radical (unpaired) electrons. The van der Waals surface area contributed by atoms with Crippen LogP contribution in [-0.2, 0) is 11.2 Å². The lowest BCUT2D eigenvalue weighted by atomic mass is 9.78. The van der Waals surface area contributed by atoms with Gasteiger partial charge in [-0.25, -0.2) is 4.68 Å². The van der Waals surface area contributed by atoms with Gasteiger partial charge in [0, 0.05) is 29.0 Å². The molecule has 4 nitrogen and oxygen atoms in total. The van der Waals surface area contributed by atoms with Crippen molar-refractivity contribution in [3.63, 3.8) is 0 Å². The predicted molar refractivity (Wildman–Crippen MR) is 108 cm³/mol. The summed E-state index contributed by atoms with van der Waals surface area (Å²) in [5.41, 5.74) is 6.30. The number of benzene rings is 2. The number of nitrogens with zero attached hydrogens (tertiary/aromatic N) is 3. The van der Waals surface area contributed by atoms with E-state index < -0.39 is 0 Å². The zero-order chi connectivity index (χ0) is 19.1. The van der Waals surface area contributed by atoms with Crippen LogP contribution in [0.5, 0.6) is 0 Å². The van der Waals surface area contributed by atoms with E-state index in [-0.39, 0.29) is 23.7 Å². The Morgan fingerprint density at radius 3 is 2.37 bits per heavy atom. The van der Waals surface area contributed by atoms with E-state index in [1.807, 2.05) is 42.8 Å². The highest BCUT2D eigenvalue weighted by Crippen LogP contribution is 2.42. The number of ketones is 1. The summed E-state index contributed by atoms with van der Waals surface area (Å²) in [6, 6.07) is 16.7. The molecule has 0 N–H and O–H groups in total. The van der Waals surface area contributed by atoms with Gasteiger partial charge >= 0.3 is 0 Å². The third-order valence-electron chi connectivity index (χ3n) is 5.38. The molecule has 138 valence electrons. The number of aromatic nitrogens is 3. The highest BCUT2D eigenvalue weighted by molar-refractivity contribution is 5.92. The topological polar surface area (TPSA) is 47.8 Å². The van der Waals surface area contributed by atoms with E-state index >= 15 is 0 Å². The second-order valence-corrected chi connectivity index (χ2v) is 7.88. The lowest BCUT2D eigenvalue weighted by Gasteiger charge is -2.26. The fraction of sp³-hybridized carbons (Fsp3) is 0.348. The van der Waals surface area contributed by atoms with Crippen molar-refractivity contribution in [2.75, 3.05) is 0 Å². The van der Waals surface area contributed by atoms with Crippen LogP contribution in [0.1, 0.15) is 50.8 Å². The standard InChI is InChI=1S/C23H25N3O/c1-14(2)23(27)20-13-16-9-5-6-10-17(16)21-22(26(15(3)4)25-24-21)19-12-8-7-11-18(19)20/h5-12,14-15,20H,13H2,1-4H3. The van der Waals surface area contributed by atoms with Crippen molar-refractivity contribution < 1.29 is 4.79 Å². The third-order valence-corrected chi connectivity index (χ3v) is 5.38. The van der Waals surface area contributed by atoms with Gasteiger partial charge in [-0.3, -0.25) is 4.79 Å². The van der Waals surface area contributed by atoms with Crippen LogP contribution >= 0.6 is 0 Å². The van der Waals surface area contributed by atoms with Crippen LogP contribution in [0.25, 0.3) is 22.5 Å². The number of hydrogen-bond acceptors (Lipinski definition) is 3. The summed E-state index contributed by atoms with van der Waals surface area (Å²) in [5.74, 6) is 0.109. The molecule has 1 unspecified atom stereocenters. The molecule has 0 aliphatic heterocycles. The first-order valence-corrected chi connectivity index (χ1v) is 9.65. The summed E-state index contributed by atoms with van der Waals surface area (Å²) in [5, 5.41) is 9.02. The second-order valence-electron chi connectivity index (χ2n) is 7.88. The lowest BCUT2D eigenvalue weighted by Crippen LogP contribution is -2.22. The molecule has 1 aromatic heterocycles. The summed E-state index contributed by atoms with van der Waals surface area (Å²) in [6.45, 7) is 8.19. The van der Waals surface area contributed by atoms with Crippen LogP contribution < -0.4 is 0 Å². The zero-order valence-corrected chi connectivity index (χ0v) is 16.3. The molecule has 4 rings (SSSR count). The van der Waals surface area contributed by atoms with Gasteiger partial charge in [-0.05, 0) is 31.4 Å². The maximum absolute atomic E-state index is 13.2. The van der Waals surface area contributed by atoms with E-state index in [4.69, 9.17) is 0 Å². The number of hydrogen-bond donors (Lipinski definition) is 0. The van der Waals surface area contributed by atoms with Crippen LogP contribution in [0.15, 0.2) is 48.5 Å². The van der Waals surface area contributed by atoms with Crippen molar-refractivity contribution in [3.8, 4) is 22.5 Å². The largest absolute Gasteiger partial charge is 0.299 e. The van der Waals surface area contributed by atoms with Gasteiger partial charge in [0.15, 0.2) is 0 Å². The molecule has 1 aliphatic rings. The van der Waals surface area contributed by atoms with E-state index in [0.29, 0.717) is 6.42 Å². The Labute approximate surface area is 160 Å². The number of rotatable bonds is 3. The van der Waals surface area contributed by atoms with E-state index in [1.54, 1.807) is 0 Å².